The first-order chi connectivity index (χ1) is 11.6. The lowest BCUT2D eigenvalue weighted by atomic mass is 9.92. The molecule has 0 saturated heterocycles. The zero-order valence-electron chi connectivity index (χ0n) is 14.1. The van der Waals surface area contributed by atoms with Gasteiger partial charge in [0.25, 0.3) is 0 Å². The van der Waals surface area contributed by atoms with E-state index in [1.54, 1.807) is 11.3 Å². The highest BCUT2D eigenvalue weighted by molar-refractivity contribution is 7.09. The Labute approximate surface area is 147 Å². The van der Waals surface area contributed by atoms with E-state index >= 15 is 0 Å². The summed E-state index contributed by atoms with van der Waals surface area (Å²) >= 11 is 1.68. The van der Waals surface area contributed by atoms with Crippen molar-refractivity contribution in [1.29, 1.82) is 0 Å². The summed E-state index contributed by atoms with van der Waals surface area (Å²) in [6, 6.07) is 12.3. The van der Waals surface area contributed by atoms with E-state index in [0.717, 1.165) is 31.2 Å². The summed E-state index contributed by atoms with van der Waals surface area (Å²) in [5, 5.41) is 15.5. The van der Waals surface area contributed by atoms with Gasteiger partial charge in [-0.1, -0.05) is 48.7 Å². The SMILES string of the molecule is Cc1ccc(C(Cc2cccs2)C(=O)NCC2(O)CCCC2)cc1. The minimum absolute atomic E-state index is 0.00702. The predicted octanol–water partition coefficient (Wildman–Crippen LogP) is 3.80. The average Bonchev–Trinajstić information content (AvgIpc) is 3.24. The summed E-state index contributed by atoms with van der Waals surface area (Å²) in [7, 11) is 0. The molecule has 24 heavy (non-hydrogen) atoms. The molecule has 4 heteroatoms. The molecule has 0 bridgehead atoms. The molecule has 0 spiro atoms. The van der Waals surface area contributed by atoms with Crippen LogP contribution in [-0.4, -0.2) is 23.2 Å². The summed E-state index contributed by atoms with van der Waals surface area (Å²) < 4.78 is 0. The smallest absolute Gasteiger partial charge is 0.228 e. The van der Waals surface area contributed by atoms with Crippen molar-refractivity contribution >= 4 is 17.2 Å². The van der Waals surface area contributed by atoms with Crippen LogP contribution in [0.15, 0.2) is 41.8 Å². The largest absolute Gasteiger partial charge is 0.388 e. The van der Waals surface area contributed by atoms with Crippen LogP contribution in [0.5, 0.6) is 0 Å². The van der Waals surface area contributed by atoms with Crippen LogP contribution in [-0.2, 0) is 11.2 Å². The van der Waals surface area contributed by atoms with E-state index in [4.69, 9.17) is 0 Å². The first kappa shape index (κ1) is 17.2. The fourth-order valence-corrected chi connectivity index (χ4v) is 4.13. The topological polar surface area (TPSA) is 49.3 Å². The highest BCUT2D eigenvalue weighted by Gasteiger charge is 2.32. The molecule has 2 aromatic rings. The molecule has 128 valence electrons. The molecule has 1 aromatic carbocycles. The van der Waals surface area contributed by atoms with Crippen molar-refractivity contribution in [3.05, 3.63) is 57.8 Å². The highest BCUT2D eigenvalue weighted by atomic mass is 32.1. The fourth-order valence-electron chi connectivity index (χ4n) is 3.38. The molecular formula is C20H25NO2S. The van der Waals surface area contributed by atoms with Crippen LogP contribution in [0, 0.1) is 6.92 Å². The Bertz CT molecular complexity index is 657. The Morgan fingerprint density at radius 2 is 1.96 bits per heavy atom. The third-order valence-corrected chi connectivity index (χ3v) is 5.81. The maximum absolute atomic E-state index is 12.8. The second-order valence-electron chi connectivity index (χ2n) is 6.90. The van der Waals surface area contributed by atoms with Crippen LogP contribution in [0.2, 0.25) is 0 Å². The maximum Gasteiger partial charge on any atom is 0.228 e. The Hall–Kier alpha value is -1.65. The van der Waals surface area contributed by atoms with Gasteiger partial charge >= 0.3 is 0 Å². The number of aryl methyl sites for hydroxylation is 1. The van der Waals surface area contributed by atoms with Gasteiger partial charge in [-0.05, 0) is 43.2 Å². The third kappa shape index (κ3) is 4.25. The van der Waals surface area contributed by atoms with Crippen molar-refractivity contribution < 1.29 is 9.90 Å². The number of nitrogens with one attached hydrogen (secondary N) is 1. The predicted molar refractivity (Wildman–Crippen MR) is 98.4 cm³/mol. The lowest BCUT2D eigenvalue weighted by molar-refractivity contribution is -0.123. The van der Waals surface area contributed by atoms with Crippen molar-refractivity contribution in [2.45, 2.75) is 50.5 Å². The molecule has 1 aliphatic rings. The van der Waals surface area contributed by atoms with Crippen LogP contribution < -0.4 is 5.32 Å². The van der Waals surface area contributed by atoms with Gasteiger partial charge in [0.1, 0.15) is 0 Å². The van der Waals surface area contributed by atoms with Gasteiger partial charge in [0.05, 0.1) is 11.5 Å². The number of carbonyl (C=O) groups excluding carboxylic acids is 1. The zero-order chi connectivity index (χ0) is 17.0. The summed E-state index contributed by atoms with van der Waals surface area (Å²) in [5.74, 6) is -0.207. The number of amides is 1. The molecule has 1 saturated carbocycles. The zero-order valence-corrected chi connectivity index (χ0v) is 14.9. The van der Waals surface area contributed by atoms with Crippen LogP contribution in [0.3, 0.4) is 0 Å². The van der Waals surface area contributed by atoms with Gasteiger partial charge in [-0.25, -0.2) is 0 Å². The highest BCUT2D eigenvalue weighted by Crippen LogP contribution is 2.29. The molecule has 1 aromatic heterocycles. The number of rotatable bonds is 6. The second kappa shape index (κ2) is 7.49. The van der Waals surface area contributed by atoms with Crippen LogP contribution in [0.4, 0.5) is 0 Å². The van der Waals surface area contributed by atoms with Crippen molar-refractivity contribution in [3.63, 3.8) is 0 Å². The van der Waals surface area contributed by atoms with Gasteiger partial charge in [0.15, 0.2) is 0 Å². The second-order valence-corrected chi connectivity index (χ2v) is 7.93. The third-order valence-electron chi connectivity index (χ3n) is 4.91. The molecule has 1 atom stereocenters. The molecule has 1 heterocycles. The van der Waals surface area contributed by atoms with Crippen molar-refractivity contribution in [2.75, 3.05) is 6.54 Å². The lowest BCUT2D eigenvalue weighted by Gasteiger charge is -2.24. The standard InChI is InChI=1S/C20H25NO2S/c1-15-6-8-16(9-7-15)18(13-17-5-4-12-24-17)19(22)21-14-20(23)10-2-3-11-20/h4-9,12,18,23H,2-3,10-11,13-14H2,1H3,(H,21,22). The molecule has 1 fully saturated rings. The van der Waals surface area contributed by atoms with Crippen LogP contribution in [0.1, 0.15) is 47.6 Å². The summed E-state index contributed by atoms with van der Waals surface area (Å²) in [6.07, 6.45) is 4.36. The number of hydrogen-bond donors (Lipinski definition) is 2. The van der Waals surface area contributed by atoms with Gasteiger partial charge in [-0.2, -0.15) is 0 Å². The van der Waals surface area contributed by atoms with Gasteiger partial charge in [-0.3, -0.25) is 4.79 Å². The van der Waals surface area contributed by atoms with E-state index in [1.807, 2.05) is 30.5 Å². The molecule has 3 nitrogen and oxygen atoms in total. The molecule has 0 radical (unpaired) electrons. The van der Waals surface area contributed by atoms with E-state index < -0.39 is 5.60 Å². The lowest BCUT2D eigenvalue weighted by Crippen LogP contribution is -2.42. The Balaban J connectivity index is 1.73. The van der Waals surface area contributed by atoms with Gasteiger partial charge in [0, 0.05) is 11.4 Å². The summed E-state index contributed by atoms with van der Waals surface area (Å²) in [6.45, 7) is 2.41. The number of benzene rings is 1. The quantitative estimate of drug-likeness (QED) is 0.838. The van der Waals surface area contributed by atoms with Gasteiger partial charge in [0.2, 0.25) is 5.91 Å². The first-order valence-electron chi connectivity index (χ1n) is 8.65. The molecule has 1 aliphatic carbocycles. The van der Waals surface area contributed by atoms with E-state index in [9.17, 15) is 9.90 Å². The molecule has 2 N–H and O–H groups in total. The van der Waals surface area contributed by atoms with E-state index in [1.165, 1.54) is 10.4 Å². The van der Waals surface area contributed by atoms with Crippen molar-refractivity contribution in [1.82, 2.24) is 5.32 Å². The van der Waals surface area contributed by atoms with Crippen molar-refractivity contribution in [2.24, 2.45) is 0 Å². The molecule has 1 unspecified atom stereocenters. The summed E-state index contributed by atoms with van der Waals surface area (Å²) in [4.78, 5) is 14.0. The number of hydrogen-bond acceptors (Lipinski definition) is 3. The number of carbonyl (C=O) groups is 1. The monoisotopic (exact) mass is 343 g/mol. The van der Waals surface area contributed by atoms with E-state index in [2.05, 4.69) is 23.5 Å². The molecule has 0 aliphatic heterocycles. The van der Waals surface area contributed by atoms with Crippen LogP contribution in [0.25, 0.3) is 0 Å². The molecular weight excluding hydrogens is 318 g/mol. The Morgan fingerprint density at radius 1 is 1.25 bits per heavy atom. The van der Waals surface area contributed by atoms with Gasteiger partial charge < -0.3 is 10.4 Å². The number of aliphatic hydroxyl groups is 1. The summed E-state index contributed by atoms with van der Waals surface area (Å²) in [5.41, 5.74) is 1.51. The Morgan fingerprint density at radius 3 is 2.58 bits per heavy atom. The van der Waals surface area contributed by atoms with Crippen LogP contribution >= 0.6 is 11.3 Å². The first-order valence-corrected chi connectivity index (χ1v) is 9.53. The maximum atomic E-state index is 12.8. The van der Waals surface area contributed by atoms with E-state index in [-0.39, 0.29) is 11.8 Å². The average molecular weight is 343 g/mol. The Kier molecular flexibility index (Phi) is 5.36. The minimum atomic E-state index is -0.712. The molecule has 3 rings (SSSR count). The number of thiophene rings is 1. The minimum Gasteiger partial charge on any atom is -0.388 e. The van der Waals surface area contributed by atoms with Gasteiger partial charge in [-0.15, -0.1) is 11.3 Å². The van der Waals surface area contributed by atoms with Crippen molar-refractivity contribution in [3.8, 4) is 0 Å². The molecule has 1 amide bonds. The normalized spacial score (nSPS) is 17.6. The fraction of sp³-hybridized carbons (Fsp3) is 0.450. The van der Waals surface area contributed by atoms with E-state index in [0.29, 0.717) is 13.0 Å².